The second-order valence-corrected chi connectivity index (χ2v) is 3.48. The van der Waals surface area contributed by atoms with Crippen molar-refractivity contribution >= 4 is 17.7 Å². The summed E-state index contributed by atoms with van der Waals surface area (Å²) < 4.78 is 9.86. The molecule has 0 aliphatic heterocycles. The first kappa shape index (κ1) is 13.3. The number of carbonyl (C=O) groups excluding carboxylic acids is 1. The monoisotopic (exact) mass is 217 g/mol. The van der Waals surface area contributed by atoms with Crippen molar-refractivity contribution in [3.63, 3.8) is 0 Å². The Labute approximate surface area is 88.6 Å². The van der Waals surface area contributed by atoms with Crippen LogP contribution in [-0.2, 0) is 14.3 Å². The van der Waals surface area contributed by atoms with E-state index < -0.39 is 0 Å². The first-order chi connectivity index (χ1) is 6.81. The number of thioether (sulfide) groups is 1. The maximum Gasteiger partial charge on any atom is 0.315 e. The Bertz CT molecular complexity index is 191. The number of nitrogens with zero attached hydrogens (tertiary/aromatic N) is 1. The largest absolute Gasteiger partial charge is 0.463 e. The van der Waals surface area contributed by atoms with Gasteiger partial charge in [-0.05, 0) is 6.92 Å². The molecular weight excluding hydrogens is 202 g/mol. The summed E-state index contributed by atoms with van der Waals surface area (Å²) >= 11 is 1.41. The molecule has 4 nitrogen and oxygen atoms in total. The van der Waals surface area contributed by atoms with E-state index in [4.69, 9.17) is 14.7 Å². The van der Waals surface area contributed by atoms with Gasteiger partial charge in [-0.1, -0.05) is 0 Å². The highest BCUT2D eigenvalue weighted by molar-refractivity contribution is 7.99. The summed E-state index contributed by atoms with van der Waals surface area (Å²) in [7, 11) is 0. The van der Waals surface area contributed by atoms with Crippen molar-refractivity contribution in [1.82, 2.24) is 0 Å². The number of carbonyl (C=O) groups is 1. The van der Waals surface area contributed by atoms with E-state index in [1.165, 1.54) is 11.8 Å². The van der Waals surface area contributed by atoms with E-state index >= 15 is 0 Å². The van der Waals surface area contributed by atoms with Crippen LogP contribution in [0.25, 0.3) is 0 Å². The predicted molar refractivity (Wildman–Crippen MR) is 55.0 cm³/mol. The van der Waals surface area contributed by atoms with Crippen molar-refractivity contribution in [3.05, 3.63) is 0 Å². The van der Waals surface area contributed by atoms with Gasteiger partial charge in [0.15, 0.2) is 0 Å². The highest BCUT2D eigenvalue weighted by Gasteiger charge is 2.01. The summed E-state index contributed by atoms with van der Waals surface area (Å²) in [6.45, 7) is 3.28. The summed E-state index contributed by atoms with van der Waals surface area (Å²) in [6, 6.07) is 2.01. The van der Waals surface area contributed by atoms with Gasteiger partial charge in [-0.25, -0.2) is 0 Å². The number of nitriles is 1. The van der Waals surface area contributed by atoms with Crippen LogP contribution in [-0.4, -0.2) is 37.3 Å². The van der Waals surface area contributed by atoms with Gasteiger partial charge in [0, 0.05) is 18.8 Å². The van der Waals surface area contributed by atoms with Crippen LogP contribution >= 0.6 is 11.8 Å². The molecule has 0 fully saturated rings. The molecule has 0 aliphatic carbocycles. The Morgan fingerprint density at radius 2 is 2.29 bits per heavy atom. The molecule has 0 saturated heterocycles. The lowest BCUT2D eigenvalue weighted by Gasteiger charge is -2.03. The molecule has 0 heterocycles. The van der Waals surface area contributed by atoms with E-state index in [-0.39, 0.29) is 5.97 Å². The first-order valence-electron chi connectivity index (χ1n) is 4.49. The Morgan fingerprint density at radius 3 is 2.93 bits per heavy atom. The smallest absolute Gasteiger partial charge is 0.315 e. The van der Waals surface area contributed by atoms with Crippen LogP contribution in [0.5, 0.6) is 0 Å². The Balaban J connectivity index is 3.16. The third-order valence-corrected chi connectivity index (χ3v) is 2.21. The minimum absolute atomic E-state index is 0.243. The normalized spacial score (nSPS) is 9.43. The molecule has 14 heavy (non-hydrogen) atoms. The Morgan fingerprint density at radius 1 is 1.50 bits per heavy atom. The fourth-order valence-corrected chi connectivity index (χ4v) is 1.30. The lowest BCUT2D eigenvalue weighted by Crippen LogP contribution is -2.12. The maximum absolute atomic E-state index is 11.0. The first-order valence-corrected chi connectivity index (χ1v) is 5.64. The number of hydrogen-bond acceptors (Lipinski definition) is 5. The second kappa shape index (κ2) is 10.4. The van der Waals surface area contributed by atoms with Crippen molar-refractivity contribution in [2.24, 2.45) is 0 Å². The molecule has 0 radical (unpaired) electrons. The van der Waals surface area contributed by atoms with Crippen LogP contribution in [0, 0.1) is 11.3 Å². The third kappa shape index (κ3) is 9.36. The lowest BCUT2D eigenvalue weighted by atomic mass is 10.6. The average molecular weight is 217 g/mol. The third-order valence-electron chi connectivity index (χ3n) is 1.27. The molecule has 0 bridgehead atoms. The molecule has 0 rings (SSSR count). The van der Waals surface area contributed by atoms with E-state index in [0.717, 1.165) is 0 Å². The number of rotatable bonds is 8. The topological polar surface area (TPSA) is 59.3 Å². The quantitative estimate of drug-likeness (QED) is 0.452. The molecule has 0 aromatic carbocycles. The molecular formula is C9H15NO3S. The fourth-order valence-electron chi connectivity index (χ4n) is 0.674. The van der Waals surface area contributed by atoms with Crippen molar-refractivity contribution in [2.45, 2.75) is 13.3 Å². The molecule has 0 unspecified atom stereocenters. The van der Waals surface area contributed by atoms with E-state index in [1.54, 1.807) is 0 Å². The SMILES string of the molecule is CCOCCOC(=O)CSCCC#N. The summed E-state index contributed by atoms with van der Waals surface area (Å²) in [6.07, 6.45) is 0.469. The molecule has 0 aromatic heterocycles. The van der Waals surface area contributed by atoms with Crippen molar-refractivity contribution in [2.75, 3.05) is 31.3 Å². The maximum atomic E-state index is 11.0. The molecule has 5 heteroatoms. The van der Waals surface area contributed by atoms with E-state index in [9.17, 15) is 4.79 Å². The average Bonchev–Trinajstić information content (AvgIpc) is 2.19. The van der Waals surface area contributed by atoms with E-state index in [1.807, 2.05) is 13.0 Å². The van der Waals surface area contributed by atoms with Crippen LogP contribution in [0.15, 0.2) is 0 Å². The lowest BCUT2D eigenvalue weighted by molar-refractivity contribution is -0.141. The molecule has 0 atom stereocenters. The minimum Gasteiger partial charge on any atom is -0.463 e. The van der Waals surface area contributed by atoms with Crippen molar-refractivity contribution in [1.29, 1.82) is 5.26 Å². The molecule has 0 aromatic rings. The highest BCUT2D eigenvalue weighted by Crippen LogP contribution is 2.02. The highest BCUT2D eigenvalue weighted by atomic mass is 32.2. The molecule has 0 amide bonds. The van der Waals surface area contributed by atoms with Gasteiger partial charge in [-0.15, -0.1) is 11.8 Å². The van der Waals surface area contributed by atoms with Crippen molar-refractivity contribution in [3.8, 4) is 6.07 Å². The zero-order valence-electron chi connectivity index (χ0n) is 8.32. The van der Waals surface area contributed by atoms with Crippen LogP contribution < -0.4 is 0 Å². The Kier molecular flexibility index (Phi) is 9.81. The van der Waals surface area contributed by atoms with Gasteiger partial charge in [0.25, 0.3) is 0 Å². The Hall–Kier alpha value is -0.730. The molecule has 0 aliphatic rings. The van der Waals surface area contributed by atoms with E-state index in [0.29, 0.717) is 37.7 Å². The predicted octanol–water partition coefficient (Wildman–Crippen LogP) is 1.21. The van der Waals surface area contributed by atoms with Gasteiger partial charge in [0.05, 0.1) is 18.4 Å². The molecule has 80 valence electrons. The fraction of sp³-hybridized carbons (Fsp3) is 0.778. The number of ether oxygens (including phenoxy) is 2. The van der Waals surface area contributed by atoms with Crippen LogP contribution in [0.2, 0.25) is 0 Å². The number of esters is 1. The van der Waals surface area contributed by atoms with Crippen LogP contribution in [0.4, 0.5) is 0 Å². The summed E-state index contributed by atoms with van der Waals surface area (Å²) in [5.74, 6) is 0.748. The van der Waals surface area contributed by atoms with Crippen LogP contribution in [0.3, 0.4) is 0 Å². The summed E-state index contributed by atoms with van der Waals surface area (Å²) in [4.78, 5) is 11.0. The zero-order valence-corrected chi connectivity index (χ0v) is 9.14. The standard InChI is InChI=1S/C9H15NO3S/c1-2-12-5-6-13-9(11)8-14-7-3-4-10/h2-3,5-8H2,1H3. The van der Waals surface area contributed by atoms with Gasteiger partial charge in [-0.2, -0.15) is 5.26 Å². The second-order valence-electron chi connectivity index (χ2n) is 2.38. The van der Waals surface area contributed by atoms with Gasteiger partial charge >= 0.3 is 5.97 Å². The van der Waals surface area contributed by atoms with Gasteiger partial charge in [-0.3, -0.25) is 4.79 Å². The summed E-state index contributed by atoms with van der Waals surface area (Å²) in [5.41, 5.74) is 0. The molecule has 0 saturated carbocycles. The summed E-state index contributed by atoms with van der Waals surface area (Å²) in [5, 5.41) is 8.24. The molecule has 0 N–H and O–H groups in total. The van der Waals surface area contributed by atoms with Crippen molar-refractivity contribution < 1.29 is 14.3 Å². The molecule has 0 spiro atoms. The van der Waals surface area contributed by atoms with Gasteiger partial charge in [0.1, 0.15) is 6.61 Å². The van der Waals surface area contributed by atoms with Gasteiger partial charge in [0.2, 0.25) is 0 Å². The van der Waals surface area contributed by atoms with E-state index in [2.05, 4.69) is 0 Å². The van der Waals surface area contributed by atoms with Crippen LogP contribution in [0.1, 0.15) is 13.3 Å². The minimum atomic E-state index is -0.243. The van der Waals surface area contributed by atoms with Gasteiger partial charge < -0.3 is 9.47 Å². The zero-order chi connectivity index (χ0) is 10.6. The number of hydrogen-bond donors (Lipinski definition) is 0.